The van der Waals surface area contributed by atoms with E-state index in [0.29, 0.717) is 11.3 Å². The molecule has 0 unspecified atom stereocenters. The molecule has 1 amide bonds. The van der Waals surface area contributed by atoms with Gasteiger partial charge in [0.05, 0.1) is 23.7 Å². The van der Waals surface area contributed by atoms with Crippen LogP contribution in [-0.4, -0.2) is 17.6 Å². The predicted molar refractivity (Wildman–Crippen MR) is 115 cm³/mol. The SMILES string of the molecule is C=CCn1c(=NC(=O)Cc2cccc3ccccc23)sc2cc(OC)ccc21. The zero-order valence-corrected chi connectivity index (χ0v) is 16.4. The largest absolute Gasteiger partial charge is 0.497 e. The number of methoxy groups -OCH3 is 1. The fourth-order valence-electron chi connectivity index (χ4n) is 3.33. The first-order valence-electron chi connectivity index (χ1n) is 9.02. The molecule has 0 atom stereocenters. The van der Waals surface area contributed by atoms with Gasteiger partial charge in [0.25, 0.3) is 5.91 Å². The Morgan fingerprint density at radius 1 is 1.18 bits per heavy atom. The number of rotatable bonds is 5. The lowest BCUT2D eigenvalue weighted by atomic mass is 10.0. The number of thiazole rings is 1. The van der Waals surface area contributed by atoms with Gasteiger partial charge in [-0.25, -0.2) is 0 Å². The van der Waals surface area contributed by atoms with Crippen LogP contribution < -0.4 is 9.54 Å². The fraction of sp³-hybridized carbons (Fsp3) is 0.130. The van der Waals surface area contributed by atoms with Crippen LogP contribution in [0.5, 0.6) is 5.75 Å². The van der Waals surface area contributed by atoms with Crippen LogP contribution in [0.1, 0.15) is 5.56 Å². The highest BCUT2D eigenvalue weighted by Crippen LogP contribution is 2.23. The van der Waals surface area contributed by atoms with E-state index in [4.69, 9.17) is 4.74 Å². The first kappa shape index (κ1) is 18.2. The summed E-state index contributed by atoms with van der Waals surface area (Å²) in [5.74, 6) is 0.626. The van der Waals surface area contributed by atoms with Crippen LogP contribution in [0, 0.1) is 0 Å². The molecule has 0 aliphatic heterocycles. The molecule has 0 saturated carbocycles. The van der Waals surface area contributed by atoms with E-state index in [0.717, 1.165) is 32.3 Å². The van der Waals surface area contributed by atoms with Crippen molar-refractivity contribution in [1.29, 1.82) is 0 Å². The Bertz CT molecular complexity index is 1250. The molecule has 4 aromatic rings. The summed E-state index contributed by atoms with van der Waals surface area (Å²) in [4.78, 5) is 17.9. The number of hydrogen-bond donors (Lipinski definition) is 0. The minimum Gasteiger partial charge on any atom is -0.497 e. The predicted octanol–water partition coefficient (Wildman–Crippen LogP) is 4.72. The molecule has 0 spiro atoms. The molecule has 0 aliphatic rings. The van der Waals surface area contributed by atoms with E-state index in [-0.39, 0.29) is 12.3 Å². The summed E-state index contributed by atoms with van der Waals surface area (Å²) in [5.41, 5.74) is 2.01. The second-order valence-corrected chi connectivity index (χ2v) is 7.45. The van der Waals surface area contributed by atoms with Crippen LogP contribution in [0.15, 0.2) is 78.3 Å². The normalized spacial score (nSPS) is 11.8. The second-order valence-electron chi connectivity index (χ2n) is 6.44. The minimum atomic E-state index is -0.160. The van der Waals surface area contributed by atoms with Crippen LogP contribution in [0.25, 0.3) is 21.0 Å². The molecule has 0 saturated heterocycles. The second kappa shape index (κ2) is 7.82. The lowest BCUT2D eigenvalue weighted by Gasteiger charge is -2.04. The van der Waals surface area contributed by atoms with Crippen molar-refractivity contribution in [2.45, 2.75) is 13.0 Å². The summed E-state index contributed by atoms with van der Waals surface area (Å²) in [6, 6.07) is 20.0. The quantitative estimate of drug-likeness (QED) is 0.464. The van der Waals surface area contributed by atoms with Crippen molar-refractivity contribution in [2.24, 2.45) is 4.99 Å². The summed E-state index contributed by atoms with van der Waals surface area (Å²) in [6.45, 7) is 4.42. The number of fused-ring (bicyclic) bond motifs is 2. The van der Waals surface area contributed by atoms with Gasteiger partial charge in [0.2, 0.25) is 0 Å². The van der Waals surface area contributed by atoms with Gasteiger partial charge in [0, 0.05) is 6.54 Å². The number of hydrogen-bond acceptors (Lipinski definition) is 3. The van der Waals surface area contributed by atoms with Gasteiger partial charge in [0.1, 0.15) is 5.75 Å². The molecule has 0 radical (unpaired) electrons. The average molecular weight is 388 g/mol. The number of carbonyl (C=O) groups excluding carboxylic acids is 1. The first-order valence-corrected chi connectivity index (χ1v) is 9.83. The minimum absolute atomic E-state index is 0.160. The third-order valence-electron chi connectivity index (χ3n) is 4.64. The Balaban J connectivity index is 1.75. The van der Waals surface area contributed by atoms with Crippen molar-refractivity contribution in [3.63, 3.8) is 0 Å². The standard InChI is InChI=1S/C23H20N2O2S/c1-3-13-25-20-12-11-18(27-2)15-21(20)28-23(25)24-22(26)14-17-9-6-8-16-7-4-5-10-19(16)17/h3-12,15H,1,13-14H2,2H3. The van der Waals surface area contributed by atoms with E-state index < -0.39 is 0 Å². The van der Waals surface area contributed by atoms with Crippen LogP contribution in [-0.2, 0) is 17.8 Å². The Hall–Kier alpha value is -3.18. The van der Waals surface area contributed by atoms with E-state index in [1.807, 2.05) is 59.2 Å². The monoisotopic (exact) mass is 388 g/mol. The number of aromatic nitrogens is 1. The summed E-state index contributed by atoms with van der Waals surface area (Å²) in [6.07, 6.45) is 2.08. The van der Waals surface area contributed by atoms with Gasteiger partial charge in [0.15, 0.2) is 4.80 Å². The van der Waals surface area contributed by atoms with E-state index >= 15 is 0 Å². The van der Waals surface area contributed by atoms with Crippen LogP contribution in [0.4, 0.5) is 0 Å². The van der Waals surface area contributed by atoms with Crippen LogP contribution in [0.3, 0.4) is 0 Å². The van der Waals surface area contributed by atoms with Gasteiger partial charge in [-0.1, -0.05) is 59.9 Å². The van der Waals surface area contributed by atoms with Crippen molar-refractivity contribution in [3.8, 4) is 5.75 Å². The maximum absolute atomic E-state index is 12.8. The van der Waals surface area contributed by atoms with Gasteiger partial charge in [-0.2, -0.15) is 4.99 Å². The van der Waals surface area contributed by atoms with E-state index in [9.17, 15) is 4.79 Å². The number of ether oxygens (including phenoxy) is 1. The van der Waals surface area contributed by atoms with Crippen molar-refractivity contribution < 1.29 is 9.53 Å². The Kier molecular flexibility index (Phi) is 5.08. The molecule has 5 heteroatoms. The summed E-state index contributed by atoms with van der Waals surface area (Å²) in [5, 5.41) is 2.22. The summed E-state index contributed by atoms with van der Waals surface area (Å²) < 4.78 is 8.35. The highest BCUT2D eigenvalue weighted by molar-refractivity contribution is 7.16. The van der Waals surface area contributed by atoms with E-state index in [2.05, 4.69) is 23.7 Å². The van der Waals surface area contributed by atoms with Crippen LogP contribution in [0.2, 0.25) is 0 Å². The maximum atomic E-state index is 12.8. The third kappa shape index (κ3) is 3.49. The van der Waals surface area contributed by atoms with Gasteiger partial charge in [-0.05, 0) is 34.5 Å². The van der Waals surface area contributed by atoms with E-state index in [1.165, 1.54) is 11.3 Å². The molecule has 140 valence electrons. The highest BCUT2D eigenvalue weighted by Gasteiger charge is 2.10. The zero-order chi connectivity index (χ0) is 19.5. The molecule has 0 aliphatic carbocycles. The van der Waals surface area contributed by atoms with Gasteiger partial charge in [-0.15, -0.1) is 6.58 Å². The van der Waals surface area contributed by atoms with Gasteiger partial charge in [-0.3, -0.25) is 4.79 Å². The van der Waals surface area contributed by atoms with Crippen molar-refractivity contribution in [1.82, 2.24) is 4.57 Å². The van der Waals surface area contributed by atoms with Gasteiger partial charge < -0.3 is 9.30 Å². The molecule has 0 N–H and O–H groups in total. The Morgan fingerprint density at radius 3 is 2.82 bits per heavy atom. The summed E-state index contributed by atoms with van der Waals surface area (Å²) >= 11 is 1.48. The average Bonchev–Trinajstić information content (AvgIpc) is 3.04. The highest BCUT2D eigenvalue weighted by atomic mass is 32.1. The molecule has 3 aromatic carbocycles. The molecular weight excluding hydrogens is 368 g/mol. The zero-order valence-electron chi connectivity index (χ0n) is 15.6. The number of allylic oxidation sites excluding steroid dienone is 1. The molecule has 1 heterocycles. The van der Waals surface area contributed by atoms with Crippen molar-refractivity contribution >= 4 is 38.2 Å². The smallest absolute Gasteiger partial charge is 0.252 e. The van der Waals surface area contributed by atoms with E-state index in [1.54, 1.807) is 7.11 Å². The third-order valence-corrected chi connectivity index (χ3v) is 5.68. The van der Waals surface area contributed by atoms with Crippen molar-refractivity contribution in [2.75, 3.05) is 7.11 Å². The molecular formula is C23H20N2O2S. The number of amides is 1. The Morgan fingerprint density at radius 2 is 2.00 bits per heavy atom. The first-order chi connectivity index (χ1) is 13.7. The molecule has 4 nitrogen and oxygen atoms in total. The van der Waals surface area contributed by atoms with Crippen molar-refractivity contribution in [3.05, 3.63) is 83.7 Å². The molecule has 4 rings (SSSR count). The topological polar surface area (TPSA) is 43.6 Å². The molecule has 1 aromatic heterocycles. The maximum Gasteiger partial charge on any atom is 0.252 e. The molecule has 0 bridgehead atoms. The lowest BCUT2D eigenvalue weighted by Crippen LogP contribution is -2.17. The number of nitrogens with zero attached hydrogens (tertiary/aromatic N) is 2. The van der Waals surface area contributed by atoms with Gasteiger partial charge >= 0.3 is 0 Å². The number of carbonyl (C=O) groups is 1. The van der Waals surface area contributed by atoms with Crippen LogP contribution >= 0.6 is 11.3 Å². The Labute approximate surface area is 167 Å². The lowest BCUT2D eigenvalue weighted by molar-refractivity contribution is -0.117. The molecule has 0 fully saturated rings. The number of benzene rings is 3. The fourth-order valence-corrected chi connectivity index (χ4v) is 4.41. The summed E-state index contributed by atoms with van der Waals surface area (Å²) in [7, 11) is 1.64. The molecule has 28 heavy (non-hydrogen) atoms.